The van der Waals surface area contributed by atoms with Crippen molar-refractivity contribution in [2.45, 2.75) is 57.5 Å². The van der Waals surface area contributed by atoms with E-state index in [1.807, 2.05) is 12.1 Å². The first-order chi connectivity index (χ1) is 12.6. The lowest BCUT2D eigenvalue weighted by Crippen LogP contribution is -2.48. The van der Waals surface area contributed by atoms with Crippen LogP contribution in [0.3, 0.4) is 0 Å². The zero-order valence-corrected chi connectivity index (χ0v) is 15.6. The van der Waals surface area contributed by atoms with Crippen molar-refractivity contribution in [2.24, 2.45) is 17.8 Å². The van der Waals surface area contributed by atoms with Crippen LogP contribution in [-0.2, 0) is 11.2 Å². The minimum atomic E-state index is -0.111. The lowest BCUT2D eigenvalue weighted by Gasteiger charge is -2.36. The highest BCUT2D eigenvalue weighted by atomic mass is 19.1. The van der Waals surface area contributed by atoms with E-state index >= 15 is 0 Å². The summed E-state index contributed by atoms with van der Waals surface area (Å²) in [6.45, 7) is 3.81. The molecule has 0 radical (unpaired) electrons. The average Bonchev–Trinajstić information content (AvgIpc) is 3.43. The third-order valence-corrected chi connectivity index (χ3v) is 6.43. The molecule has 2 saturated heterocycles. The van der Waals surface area contributed by atoms with Crippen LogP contribution in [0.5, 0.6) is 0 Å². The second-order valence-electron chi connectivity index (χ2n) is 8.39. The Morgan fingerprint density at radius 1 is 1.23 bits per heavy atom. The van der Waals surface area contributed by atoms with Crippen molar-refractivity contribution in [1.82, 2.24) is 15.8 Å². The predicted molar refractivity (Wildman–Crippen MR) is 99.8 cm³/mol. The van der Waals surface area contributed by atoms with Crippen molar-refractivity contribution in [3.8, 4) is 0 Å². The van der Waals surface area contributed by atoms with E-state index in [-0.39, 0.29) is 23.8 Å². The highest BCUT2D eigenvalue weighted by molar-refractivity contribution is 5.81. The Kier molecular flexibility index (Phi) is 5.28. The van der Waals surface area contributed by atoms with Crippen LogP contribution in [0.4, 0.5) is 4.39 Å². The molecule has 4 nitrogen and oxygen atoms in total. The van der Waals surface area contributed by atoms with Gasteiger partial charge in [-0.1, -0.05) is 18.2 Å². The van der Waals surface area contributed by atoms with Crippen LogP contribution in [0.2, 0.25) is 0 Å². The SMILES string of the molecule is CC1NNC(C2CC2)C1C(=O)N1CCCC(CCc2ccccc2F)C1. The molecule has 2 heterocycles. The van der Waals surface area contributed by atoms with E-state index in [1.54, 1.807) is 6.07 Å². The smallest absolute Gasteiger partial charge is 0.228 e. The molecule has 142 valence electrons. The highest BCUT2D eigenvalue weighted by Crippen LogP contribution is 2.39. The molecule has 2 aliphatic heterocycles. The first kappa shape index (κ1) is 17.9. The van der Waals surface area contributed by atoms with Gasteiger partial charge in [-0.25, -0.2) is 4.39 Å². The number of likely N-dealkylation sites (tertiary alicyclic amines) is 1. The van der Waals surface area contributed by atoms with Gasteiger partial charge in [-0.2, -0.15) is 0 Å². The van der Waals surface area contributed by atoms with Gasteiger partial charge < -0.3 is 4.90 Å². The summed E-state index contributed by atoms with van der Waals surface area (Å²) < 4.78 is 13.8. The zero-order chi connectivity index (χ0) is 18.1. The van der Waals surface area contributed by atoms with Gasteiger partial charge >= 0.3 is 0 Å². The Hall–Kier alpha value is -1.46. The number of nitrogens with zero attached hydrogens (tertiary/aromatic N) is 1. The standard InChI is InChI=1S/C21H30FN3O/c1-14-19(20(24-23-14)17-10-11-17)21(26)25-12-4-5-15(13-25)8-9-16-6-2-3-7-18(16)22/h2-3,6-7,14-15,17,19-20,23-24H,4-5,8-13H2,1H3. The minimum Gasteiger partial charge on any atom is -0.342 e. The summed E-state index contributed by atoms with van der Waals surface area (Å²) in [5.74, 6) is 1.38. The molecule has 3 fully saturated rings. The first-order valence-electron chi connectivity index (χ1n) is 10.2. The number of halogens is 1. The number of piperidine rings is 1. The Balaban J connectivity index is 1.35. The lowest BCUT2D eigenvalue weighted by atomic mass is 9.87. The van der Waals surface area contributed by atoms with E-state index in [0.717, 1.165) is 44.3 Å². The van der Waals surface area contributed by atoms with E-state index in [0.29, 0.717) is 17.7 Å². The molecule has 4 unspecified atom stereocenters. The Morgan fingerprint density at radius 2 is 2.04 bits per heavy atom. The maximum absolute atomic E-state index is 13.8. The molecule has 0 spiro atoms. The van der Waals surface area contributed by atoms with Gasteiger partial charge in [0.2, 0.25) is 5.91 Å². The number of benzene rings is 1. The number of aryl methyl sites for hydroxylation is 1. The molecule has 26 heavy (non-hydrogen) atoms. The van der Waals surface area contributed by atoms with E-state index in [9.17, 15) is 9.18 Å². The normalized spacial score (nSPS) is 32.0. The summed E-state index contributed by atoms with van der Waals surface area (Å²) in [7, 11) is 0. The minimum absolute atomic E-state index is 0.0489. The van der Waals surface area contributed by atoms with Gasteiger partial charge in [-0.05, 0) is 68.9 Å². The van der Waals surface area contributed by atoms with E-state index in [4.69, 9.17) is 0 Å². The van der Waals surface area contributed by atoms with Crippen LogP contribution in [0, 0.1) is 23.6 Å². The summed E-state index contributed by atoms with van der Waals surface area (Å²) in [5.41, 5.74) is 7.44. The number of hydrogen-bond donors (Lipinski definition) is 2. The van der Waals surface area contributed by atoms with Crippen molar-refractivity contribution in [3.63, 3.8) is 0 Å². The van der Waals surface area contributed by atoms with E-state index < -0.39 is 0 Å². The second-order valence-corrected chi connectivity index (χ2v) is 8.39. The number of nitrogens with one attached hydrogen (secondary N) is 2. The third kappa shape index (κ3) is 3.79. The Morgan fingerprint density at radius 3 is 2.81 bits per heavy atom. The second kappa shape index (κ2) is 7.65. The van der Waals surface area contributed by atoms with Gasteiger partial charge in [0.1, 0.15) is 5.82 Å². The van der Waals surface area contributed by atoms with Gasteiger partial charge in [-0.3, -0.25) is 15.6 Å². The summed E-state index contributed by atoms with van der Waals surface area (Å²) in [6.07, 6.45) is 6.38. The molecular weight excluding hydrogens is 329 g/mol. The van der Waals surface area contributed by atoms with Gasteiger partial charge in [0, 0.05) is 25.2 Å². The van der Waals surface area contributed by atoms with Crippen LogP contribution >= 0.6 is 0 Å². The zero-order valence-electron chi connectivity index (χ0n) is 15.6. The summed E-state index contributed by atoms with van der Waals surface area (Å²) in [4.78, 5) is 15.3. The Bertz CT molecular complexity index is 648. The molecule has 1 aromatic rings. The number of rotatable bonds is 5. The maximum atomic E-state index is 13.8. The number of carbonyl (C=O) groups excluding carboxylic acids is 1. The summed E-state index contributed by atoms with van der Waals surface area (Å²) in [5, 5.41) is 0. The van der Waals surface area contributed by atoms with Crippen LogP contribution in [-0.4, -0.2) is 36.0 Å². The third-order valence-electron chi connectivity index (χ3n) is 6.43. The van der Waals surface area contributed by atoms with Crippen molar-refractivity contribution in [2.75, 3.05) is 13.1 Å². The molecule has 1 aromatic carbocycles. The van der Waals surface area contributed by atoms with Crippen LogP contribution in [0.15, 0.2) is 24.3 Å². The number of amides is 1. The largest absolute Gasteiger partial charge is 0.342 e. The molecule has 4 rings (SSSR count). The molecule has 3 aliphatic rings. The van der Waals surface area contributed by atoms with Crippen LogP contribution in [0.1, 0.15) is 44.6 Å². The average molecular weight is 359 g/mol. The van der Waals surface area contributed by atoms with Crippen molar-refractivity contribution < 1.29 is 9.18 Å². The first-order valence-corrected chi connectivity index (χ1v) is 10.2. The van der Waals surface area contributed by atoms with Gasteiger partial charge in [0.25, 0.3) is 0 Å². The summed E-state index contributed by atoms with van der Waals surface area (Å²) in [6, 6.07) is 7.52. The molecule has 1 saturated carbocycles. The molecule has 5 heteroatoms. The van der Waals surface area contributed by atoms with E-state index in [1.165, 1.54) is 18.9 Å². The molecule has 0 bridgehead atoms. The van der Waals surface area contributed by atoms with Gasteiger partial charge in [0.05, 0.1) is 5.92 Å². The van der Waals surface area contributed by atoms with Crippen molar-refractivity contribution in [1.29, 1.82) is 0 Å². The fourth-order valence-electron chi connectivity index (χ4n) is 4.72. The number of carbonyl (C=O) groups is 1. The highest BCUT2D eigenvalue weighted by Gasteiger charge is 2.47. The van der Waals surface area contributed by atoms with Gasteiger partial charge in [-0.15, -0.1) is 0 Å². The molecular formula is C21H30FN3O. The molecule has 1 amide bonds. The van der Waals surface area contributed by atoms with Crippen molar-refractivity contribution >= 4 is 5.91 Å². The lowest BCUT2D eigenvalue weighted by molar-refractivity contribution is -0.138. The quantitative estimate of drug-likeness (QED) is 0.850. The summed E-state index contributed by atoms with van der Waals surface area (Å²) >= 11 is 0. The van der Waals surface area contributed by atoms with Gasteiger partial charge in [0.15, 0.2) is 0 Å². The predicted octanol–water partition coefficient (Wildman–Crippen LogP) is 2.89. The topological polar surface area (TPSA) is 44.4 Å². The number of hydrazine groups is 1. The monoisotopic (exact) mass is 359 g/mol. The maximum Gasteiger partial charge on any atom is 0.228 e. The number of hydrogen-bond acceptors (Lipinski definition) is 3. The molecule has 1 aliphatic carbocycles. The fraction of sp³-hybridized carbons (Fsp3) is 0.667. The molecule has 0 aromatic heterocycles. The molecule has 2 N–H and O–H groups in total. The van der Waals surface area contributed by atoms with E-state index in [2.05, 4.69) is 22.7 Å². The van der Waals surface area contributed by atoms with Crippen molar-refractivity contribution in [3.05, 3.63) is 35.6 Å². The van der Waals surface area contributed by atoms with Crippen LogP contribution < -0.4 is 10.9 Å². The Labute approximate surface area is 155 Å². The molecule has 4 atom stereocenters. The van der Waals surface area contributed by atoms with Crippen LogP contribution in [0.25, 0.3) is 0 Å². The fourth-order valence-corrected chi connectivity index (χ4v) is 4.72.